The summed E-state index contributed by atoms with van der Waals surface area (Å²) in [5, 5.41) is 9.93. The van der Waals surface area contributed by atoms with Gasteiger partial charge in [-0.05, 0) is 31.4 Å². The molecular weight excluding hydrogens is 255 g/mol. The number of aromatic nitrogens is 1. The molecule has 2 radical (unpaired) electrons. The summed E-state index contributed by atoms with van der Waals surface area (Å²) in [5.41, 5.74) is 1.79. The maximum atomic E-state index is 8.88. The highest BCUT2D eigenvalue weighted by atomic mass is 32.1. The summed E-state index contributed by atoms with van der Waals surface area (Å²) in [6, 6.07) is 5.85. The molecule has 0 unspecified atom stereocenters. The van der Waals surface area contributed by atoms with Crippen LogP contribution >= 0.6 is 11.3 Å². The van der Waals surface area contributed by atoms with Crippen LogP contribution in [-0.2, 0) is 0 Å². The second kappa shape index (κ2) is 6.92. The van der Waals surface area contributed by atoms with Crippen molar-refractivity contribution in [1.29, 1.82) is 0 Å². The van der Waals surface area contributed by atoms with Gasteiger partial charge >= 0.3 is 0 Å². The van der Waals surface area contributed by atoms with Crippen LogP contribution in [0.25, 0.3) is 10.2 Å². The number of aliphatic hydroxyl groups is 1. The molecule has 19 heavy (non-hydrogen) atoms. The van der Waals surface area contributed by atoms with E-state index in [-0.39, 0.29) is 6.61 Å². The van der Waals surface area contributed by atoms with Gasteiger partial charge in [-0.25, -0.2) is 4.98 Å². The first-order valence-corrected chi connectivity index (χ1v) is 7.58. The topological polar surface area (TPSA) is 36.4 Å². The zero-order chi connectivity index (χ0) is 13.7. The van der Waals surface area contributed by atoms with Gasteiger partial charge in [0.1, 0.15) is 7.85 Å². The zero-order valence-electron chi connectivity index (χ0n) is 11.3. The highest BCUT2D eigenvalue weighted by molar-refractivity contribution is 7.22. The minimum Gasteiger partial charge on any atom is -0.396 e. The van der Waals surface area contributed by atoms with E-state index in [1.165, 1.54) is 0 Å². The first-order chi connectivity index (χ1) is 9.24. The Morgan fingerprint density at radius 1 is 1.32 bits per heavy atom. The molecule has 0 aliphatic carbocycles. The van der Waals surface area contributed by atoms with E-state index in [1.807, 2.05) is 18.2 Å². The number of rotatable bonds is 7. The molecule has 0 saturated carbocycles. The third kappa shape index (κ3) is 3.70. The van der Waals surface area contributed by atoms with Crippen molar-refractivity contribution in [2.24, 2.45) is 0 Å². The molecule has 0 spiro atoms. The summed E-state index contributed by atoms with van der Waals surface area (Å²) < 4.78 is 1.14. The van der Waals surface area contributed by atoms with E-state index < -0.39 is 0 Å². The zero-order valence-corrected chi connectivity index (χ0v) is 12.1. The molecule has 0 aliphatic rings. The molecule has 0 fully saturated rings. The summed E-state index contributed by atoms with van der Waals surface area (Å²) in [6.45, 7) is 4.38. The van der Waals surface area contributed by atoms with Crippen LogP contribution in [0.2, 0.25) is 0 Å². The molecule has 1 heterocycles. The van der Waals surface area contributed by atoms with E-state index in [0.717, 1.165) is 53.2 Å². The van der Waals surface area contributed by atoms with Gasteiger partial charge < -0.3 is 10.0 Å². The normalized spacial score (nSPS) is 11.1. The number of benzene rings is 1. The number of hydrogen-bond donors (Lipinski definition) is 1. The van der Waals surface area contributed by atoms with Gasteiger partial charge in [-0.1, -0.05) is 29.8 Å². The molecule has 5 heteroatoms. The predicted octanol–water partition coefficient (Wildman–Crippen LogP) is 2.08. The fraction of sp³-hybridized carbons (Fsp3) is 0.500. The average Bonchev–Trinajstić information content (AvgIpc) is 2.80. The van der Waals surface area contributed by atoms with Crippen molar-refractivity contribution in [3.8, 4) is 0 Å². The van der Waals surface area contributed by atoms with Crippen LogP contribution in [-0.4, -0.2) is 37.6 Å². The molecule has 1 aromatic carbocycles. The molecule has 1 N–H and O–H groups in total. The Morgan fingerprint density at radius 2 is 2.16 bits per heavy atom. The predicted molar refractivity (Wildman–Crippen MR) is 83.8 cm³/mol. The quantitative estimate of drug-likeness (QED) is 0.620. The van der Waals surface area contributed by atoms with Crippen molar-refractivity contribution in [3.63, 3.8) is 0 Å². The summed E-state index contributed by atoms with van der Waals surface area (Å²) in [4.78, 5) is 6.98. The van der Waals surface area contributed by atoms with E-state index in [0.29, 0.717) is 0 Å². The molecule has 1 aromatic heterocycles. The van der Waals surface area contributed by atoms with E-state index in [4.69, 9.17) is 13.0 Å². The standard InChI is InChI=1S/C14H19BN2OS/c1-2-7-17(8-3-4-9-18)14-16-12-6-5-11(15)10-13(12)19-14/h5-6,10,18H,2-4,7-9H2,1H3. The minimum absolute atomic E-state index is 0.260. The lowest BCUT2D eigenvalue weighted by atomic mass is 9.97. The van der Waals surface area contributed by atoms with Gasteiger partial charge in [0.05, 0.1) is 10.2 Å². The van der Waals surface area contributed by atoms with Crippen LogP contribution in [0.15, 0.2) is 18.2 Å². The highest BCUT2D eigenvalue weighted by Crippen LogP contribution is 2.28. The summed E-state index contributed by atoms with van der Waals surface area (Å²) in [6.07, 6.45) is 2.93. The Hall–Kier alpha value is -1.07. The molecule has 0 amide bonds. The van der Waals surface area contributed by atoms with Crippen molar-refractivity contribution in [2.45, 2.75) is 26.2 Å². The number of unbranched alkanes of at least 4 members (excludes halogenated alkanes) is 1. The molecule has 2 aromatic rings. The maximum absolute atomic E-state index is 8.88. The van der Waals surface area contributed by atoms with E-state index in [1.54, 1.807) is 11.3 Å². The largest absolute Gasteiger partial charge is 0.396 e. The van der Waals surface area contributed by atoms with Gasteiger partial charge in [0.15, 0.2) is 5.13 Å². The first-order valence-electron chi connectivity index (χ1n) is 6.76. The molecule has 3 nitrogen and oxygen atoms in total. The van der Waals surface area contributed by atoms with Crippen LogP contribution in [0.4, 0.5) is 5.13 Å². The molecule has 100 valence electrons. The van der Waals surface area contributed by atoms with Gasteiger partial charge in [0.2, 0.25) is 0 Å². The molecule has 0 aliphatic heterocycles. The third-order valence-electron chi connectivity index (χ3n) is 3.00. The Bertz CT molecular complexity index is 529. The van der Waals surface area contributed by atoms with Crippen molar-refractivity contribution in [3.05, 3.63) is 18.2 Å². The first kappa shape index (κ1) is 14.3. The molecule has 0 atom stereocenters. The SMILES string of the molecule is [B]c1ccc2nc(N(CCC)CCCCO)sc2c1. The number of nitrogens with zero attached hydrogens (tertiary/aromatic N) is 2. The fourth-order valence-corrected chi connectivity index (χ4v) is 3.12. The number of thiazole rings is 1. The van der Waals surface area contributed by atoms with Gasteiger partial charge in [0, 0.05) is 19.7 Å². The Kier molecular flexibility index (Phi) is 5.22. The lowest BCUT2D eigenvalue weighted by Gasteiger charge is -2.20. The average molecular weight is 274 g/mol. The van der Waals surface area contributed by atoms with Gasteiger partial charge in [0.25, 0.3) is 0 Å². The summed E-state index contributed by atoms with van der Waals surface area (Å²) in [5.74, 6) is 0. The number of fused-ring (bicyclic) bond motifs is 1. The number of aliphatic hydroxyl groups excluding tert-OH is 1. The van der Waals surface area contributed by atoms with E-state index in [9.17, 15) is 0 Å². The third-order valence-corrected chi connectivity index (χ3v) is 4.08. The number of hydrogen-bond acceptors (Lipinski definition) is 4. The Morgan fingerprint density at radius 3 is 2.89 bits per heavy atom. The fourth-order valence-electron chi connectivity index (χ4n) is 2.05. The maximum Gasteiger partial charge on any atom is 0.186 e. The van der Waals surface area contributed by atoms with Gasteiger partial charge in [-0.3, -0.25) is 0 Å². The van der Waals surface area contributed by atoms with Crippen molar-refractivity contribution in [1.82, 2.24) is 4.98 Å². The van der Waals surface area contributed by atoms with Crippen molar-refractivity contribution in [2.75, 3.05) is 24.6 Å². The van der Waals surface area contributed by atoms with Crippen LogP contribution in [0, 0.1) is 0 Å². The highest BCUT2D eigenvalue weighted by Gasteiger charge is 2.11. The molecule has 0 bridgehead atoms. The molecular formula is C14H19BN2OS. The summed E-state index contributed by atoms with van der Waals surface area (Å²) >= 11 is 1.69. The number of anilines is 1. The van der Waals surface area contributed by atoms with Crippen LogP contribution in [0.3, 0.4) is 0 Å². The van der Waals surface area contributed by atoms with Crippen LogP contribution in [0.5, 0.6) is 0 Å². The molecule has 0 saturated heterocycles. The molecule has 2 rings (SSSR count). The lowest BCUT2D eigenvalue weighted by molar-refractivity contribution is 0.285. The van der Waals surface area contributed by atoms with Crippen LogP contribution < -0.4 is 10.4 Å². The second-order valence-corrected chi connectivity index (χ2v) is 5.65. The smallest absolute Gasteiger partial charge is 0.186 e. The van der Waals surface area contributed by atoms with Crippen molar-refractivity contribution < 1.29 is 5.11 Å². The Labute approximate surface area is 119 Å². The van der Waals surface area contributed by atoms with Crippen molar-refractivity contribution >= 4 is 40.0 Å². The van der Waals surface area contributed by atoms with Crippen LogP contribution in [0.1, 0.15) is 26.2 Å². The Balaban J connectivity index is 2.17. The van der Waals surface area contributed by atoms with Gasteiger partial charge in [-0.15, -0.1) is 0 Å². The lowest BCUT2D eigenvalue weighted by Crippen LogP contribution is -2.25. The second-order valence-electron chi connectivity index (χ2n) is 4.64. The monoisotopic (exact) mass is 274 g/mol. The van der Waals surface area contributed by atoms with Gasteiger partial charge in [-0.2, -0.15) is 0 Å². The summed E-state index contributed by atoms with van der Waals surface area (Å²) in [7, 11) is 5.80. The van der Waals surface area contributed by atoms with E-state index in [2.05, 4.69) is 16.8 Å². The minimum atomic E-state index is 0.260. The van der Waals surface area contributed by atoms with E-state index >= 15 is 0 Å².